The predicted octanol–water partition coefficient (Wildman–Crippen LogP) is 4.32. The van der Waals surface area contributed by atoms with Gasteiger partial charge >= 0.3 is 0 Å². The molecule has 134 valence electrons. The van der Waals surface area contributed by atoms with E-state index in [-0.39, 0.29) is 28.3 Å². The summed E-state index contributed by atoms with van der Waals surface area (Å²) >= 11 is 0. The van der Waals surface area contributed by atoms with Crippen LogP contribution in [0.4, 0.5) is 0 Å². The Kier molecular flexibility index (Phi) is 3.59. The summed E-state index contributed by atoms with van der Waals surface area (Å²) in [5.74, 6) is 0.202. The van der Waals surface area contributed by atoms with E-state index >= 15 is 0 Å². The fourth-order valence-corrected chi connectivity index (χ4v) is 4.79. The zero-order valence-electron chi connectivity index (χ0n) is 15.7. The Bertz CT molecular complexity index is 936. The number of benzene rings is 1. The van der Waals surface area contributed by atoms with Gasteiger partial charge in [0, 0.05) is 11.0 Å². The van der Waals surface area contributed by atoms with Gasteiger partial charge in [-0.1, -0.05) is 39.0 Å². The average Bonchev–Trinajstić information content (AvgIpc) is 3.15. The van der Waals surface area contributed by atoms with Crippen LogP contribution in [-0.4, -0.2) is 21.3 Å². The molecule has 2 bridgehead atoms. The molecule has 0 radical (unpaired) electrons. The van der Waals surface area contributed by atoms with Crippen molar-refractivity contribution in [2.24, 2.45) is 16.7 Å². The number of Topliss-reactive ketones (excluding diaryl/α,β-unsaturated/α-hetero) is 1. The maximum absolute atomic E-state index is 12.9. The highest BCUT2D eigenvalue weighted by Crippen LogP contribution is 2.65. The zero-order chi connectivity index (χ0) is 18.7. The van der Waals surface area contributed by atoms with Crippen molar-refractivity contribution in [3.8, 4) is 5.69 Å². The third kappa shape index (κ3) is 2.11. The highest BCUT2D eigenvalue weighted by atomic mass is 16.1. The smallest absolute Gasteiger partial charge is 0.189 e. The minimum absolute atomic E-state index is 0.0839. The topological polar surface area (TPSA) is 52.0 Å². The molecule has 26 heavy (non-hydrogen) atoms. The Hall–Kier alpha value is -2.49. The Morgan fingerprint density at radius 2 is 1.92 bits per heavy atom. The van der Waals surface area contributed by atoms with Crippen molar-refractivity contribution in [3.05, 3.63) is 59.4 Å². The molecule has 2 atom stereocenters. The molecule has 2 aliphatic rings. The molecular formula is C22H24N2O2. The van der Waals surface area contributed by atoms with E-state index in [0.717, 1.165) is 24.2 Å². The summed E-state index contributed by atoms with van der Waals surface area (Å²) < 4.78 is 1.76. The van der Waals surface area contributed by atoms with Crippen molar-refractivity contribution >= 4 is 11.6 Å². The molecule has 4 nitrogen and oxygen atoms in total. The molecule has 0 amide bonds. The fraction of sp³-hybridized carbons (Fsp3) is 0.409. The van der Waals surface area contributed by atoms with Crippen LogP contribution in [0.1, 0.15) is 49.7 Å². The lowest BCUT2D eigenvalue weighted by molar-refractivity contribution is -0.125. The number of ketones is 2. The summed E-state index contributed by atoms with van der Waals surface area (Å²) in [7, 11) is 0. The second-order valence-electron chi connectivity index (χ2n) is 8.33. The van der Waals surface area contributed by atoms with Gasteiger partial charge in [-0.15, -0.1) is 0 Å². The Balaban J connectivity index is 1.69. The molecule has 1 heterocycles. The van der Waals surface area contributed by atoms with Crippen molar-refractivity contribution in [2.45, 2.75) is 40.5 Å². The van der Waals surface area contributed by atoms with E-state index in [4.69, 9.17) is 0 Å². The van der Waals surface area contributed by atoms with E-state index in [9.17, 15) is 9.59 Å². The third-order valence-corrected chi connectivity index (χ3v) is 6.93. The predicted molar refractivity (Wildman–Crippen MR) is 100 cm³/mol. The summed E-state index contributed by atoms with van der Waals surface area (Å²) in [5, 5.41) is 4.37. The molecule has 2 aromatic rings. The summed E-state index contributed by atoms with van der Waals surface area (Å²) in [5.41, 5.74) is 2.55. The maximum Gasteiger partial charge on any atom is 0.189 e. The number of hydrogen-bond acceptors (Lipinski definition) is 3. The number of fused-ring (bicyclic) bond motifs is 2. The van der Waals surface area contributed by atoms with E-state index in [1.807, 2.05) is 37.3 Å². The largest absolute Gasteiger partial charge is 0.294 e. The lowest BCUT2D eigenvalue weighted by Gasteiger charge is -2.31. The van der Waals surface area contributed by atoms with Crippen LogP contribution >= 0.6 is 0 Å². The van der Waals surface area contributed by atoms with Crippen molar-refractivity contribution in [2.75, 3.05) is 0 Å². The highest BCUT2D eigenvalue weighted by molar-refractivity contribution is 6.13. The Labute approximate surface area is 153 Å². The van der Waals surface area contributed by atoms with Crippen molar-refractivity contribution in [1.82, 2.24) is 9.78 Å². The number of para-hydroxylation sites is 1. The van der Waals surface area contributed by atoms with Gasteiger partial charge in [0.05, 0.1) is 23.1 Å². The molecule has 0 unspecified atom stereocenters. The SMILES string of the molecule is Cc1c(C(=O)/C=C2/C(=O)[C@]3(C)CC[C@H]2C3(C)C)cnn1-c1ccccc1. The summed E-state index contributed by atoms with van der Waals surface area (Å²) in [6.45, 7) is 8.26. The number of carbonyl (C=O) groups is 2. The Morgan fingerprint density at radius 3 is 2.54 bits per heavy atom. The molecule has 0 saturated heterocycles. The molecule has 0 N–H and O–H groups in total. The number of aromatic nitrogens is 2. The minimum Gasteiger partial charge on any atom is -0.294 e. The quantitative estimate of drug-likeness (QED) is 0.613. The first-order valence-electron chi connectivity index (χ1n) is 9.18. The van der Waals surface area contributed by atoms with Gasteiger partial charge in [-0.3, -0.25) is 9.59 Å². The van der Waals surface area contributed by atoms with Gasteiger partial charge in [0.25, 0.3) is 0 Å². The van der Waals surface area contributed by atoms with E-state index in [0.29, 0.717) is 11.1 Å². The first kappa shape index (κ1) is 17.0. The first-order valence-corrected chi connectivity index (χ1v) is 9.18. The van der Waals surface area contributed by atoms with E-state index < -0.39 is 0 Å². The van der Waals surface area contributed by atoms with Gasteiger partial charge in [0.1, 0.15) is 0 Å². The minimum atomic E-state index is -0.340. The molecule has 1 aromatic heterocycles. The molecule has 0 aliphatic heterocycles. The van der Waals surface area contributed by atoms with E-state index in [1.54, 1.807) is 17.0 Å². The van der Waals surface area contributed by atoms with Crippen LogP contribution in [0.2, 0.25) is 0 Å². The lowest BCUT2D eigenvalue weighted by atomic mass is 9.70. The fourth-order valence-electron chi connectivity index (χ4n) is 4.79. The van der Waals surface area contributed by atoms with Crippen LogP contribution in [0, 0.1) is 23.7 Å². The molecule has 0 spiro atoms. The third-order valence-electron chi connectivity index (χ3n) is 6.93. The van der Waals surface area contributed by atoms with Crippen LogP contribution in [0.3, 0.4) is 0 Å². The molecule has 1 aromatic carbocycles. The van der Waals surface area contributed by atoms with E-state index in [1.165, 1.54) is 0 Å². The number of rotatable bonds is 3. The van der Waals surface area contributed by atoms with Crippen LogP contribution < -0.4 is 0 Å². The number of allylic oxidation sites excluding steroid dienone is 2. The Morgan fingerprint density at radius 1 is 1.23 bits per heavy atom. The second-order valence-corrected chi connectivity index (χ2v) is 8.33. The first-order chi connectivity index (χ1) is 12.3. The summed E-state index contributed by atoms with van der Waals surface area (Å²) in [4.78, 5) is 25.9. The summed E-state index contributed by atoms with van der Waals surface area (Å²) in [6, 6.07) is 9.74. The van der Waals surface area contributed by atoms with Gasteiger partial charge < -0.3 is 0 Å². The van der Waals surface area contributed by atoms with Crippen molar-refractivity contribution < 1.29 is 9.59 Å². The molecule has 2 fully saturated rings. The number of nitrogens with zero attached hydrogens (tertiary/aromatic N) is 2. The maximum atomic E-state index is 12.9. The molecule has 2 saturated carbocycles. The van der Waals surface area contributed by atoms with Gasteiger partial charge in [-0.25, -0.2) is 4.68 Å². The van der Waals surface area contributed by atoms with Crippen molar-refractivity contribution in [3.63, 3.8) is 0 Å². The standard InChI is InChI=1S/C22H24N2O2/c1-14-17(13-23-24(14)15-8-6-5-7-9-15)19(25)12-16-18-10-11-22(4,20(16)26)21(18,2)3/h5-9,12-13,18H,10-11H2,1-4H3/b16-12+/t18-,22+/m1/s1. The summed E-state index contributed by atoms with van der Waals surface area (Å²) in [6.07, 6.45) is 5.08. The molecular weight excluding hydrogens is 324 g/mol. The van der Waals surface area contributed by atoms with Gasteiger partial charge in [-0.05, 0) is 49.3 Å². The van der Waals surface area contributed by atoms with Crippen molar-refractivity contribution in [1.29, 1.82) is 0 Å². The van der Waals surface area contributed by atoms with Crippen LogP contribution in [0.5, 0.6) is 0 Å². The van der Waals surface area contributed by atoms with E-state index in [2.05, 4.69) is 25.9 Å². The number of carbonyl (C=O) groups excluding carboxylic acids is 2. The van der Waals surface area contributed by atoms with Crippen LogP contribution in [-0.2, 0) is 4.79 Å². The lowest BCUT2D eigenvalue weighted by Crippen LogP contribution is -2.32. The second kappa shape index (κ2) is 5.50. The van der Waals surface area contributed by atoms with Gasteiger partial charge in [-0.2, -0.15) is 5.10 Å². The highest BCUT2D eigenvalue weighted by Gasteiger charge is 2.64. The average molecular weight is 348 g/mol. The van der Waals surface area contributed by atoms with Crippen LogP contribution in [0.25, 0.3) is 5.69 Å². The monoisotopic (exact) mass is 348 g/mol. The molecule has 4 heteroatoms. The number of hydrogen-bond donors (Lipinski definition) is 0. The normalized spacial score (nSPS) is 28.1. The van der Waals surface area contributed by atoms with Gasteiger partial charge in [0.2, 0.25) is 0 Å². The zero-order valence-corrected chi connectivity index (χ0v) is 15.7. The molecule has 2 aliphatic carbocycles. The van der Waals surface area contributed by atoms with Gasteiger partial charge in [0.15, 0.2) is 11.6 Å². The van der Waals surface area contributed by atoms with Crippen LogP contribution in [0.15, 0.2) is 48.2 Å². The molecule has 4 rings (SSSR count).